The fraction of sp³-hybridized carbons (Fsp3) is 0.533. The van der Waals surface area contributed by atoms with Crippen molar-refractivity contribution in [3.05, 3.63) is 33.8 Å². The highest BCUT2D eigenvalue weighted by Crippen LogP contribution is 2.34. The minimum Gasteiger partial charge on any atom is -0.481 e. The first kappa shape index (κ1) is 15.6. The molecule has 1 saturated heterocycles. The third kappa shape index (κ3) is 3.66. The Kier molecular flexibility index (Phi) is 5.30. The summed E-state index contributed by atoms with van der Waals surface area (Å²) >= 11 is 12.3. The van der Waals surface area contributed by atoms with E-state index in [0.29, 0.717) is 10.0 Å². The number of nitrogens with zero attached hydrogens (tertiary/aromatic N) is 1. The van der Waals surface area contributed by atoms with Crippen molar-refractivity contribution < 1.29 is 9.90 Å². The van der Waals surface area contributed by atoms with Crippen LogP contribution in [-0.4, -0.2) is 28.6 Å². The molecule has 0 saturated carbocycles. The lowest BCUT2D eigenvalue weighted by Gasteiger charge is -2.39. The zero-order chi connectivity index (χ0) is 14.7. The Labute approximate surface area is 129 Å². The highest BCUT2D eigenvalue weighted by Gasteiger charge is 2.29. The normalized spacial score (nSPS) is 21.6. The summed E-state index contributed by atoms with van der Waals surface area (Å²) in [5.74, 6) is -0.744. The van der Waals surface area contributed by atoms with Crippen molar-refractivity contribution in [3.63, 3.8) is 0 Å². The largest absolute Gasteiger partial charge is 0.481 e. The summed E-state index contributed by atoms with van der Waals surface area (Å²) in [5, 5.41) is 10.4. The molecule has 0 aromatic heterocycles. The number of hydrogen-bond donors (Lipinski definition) is 1. The molecule has 1 heterocycles. The monoisotopic (exact) mass is 315 g/mol. The van der Waals surface area contributed by atoms with Gasteiger partial charge in [-0.15, -0.1) is 0 Å². The van der Waals surface area contributed by atoms with Crippen LogP contribution < -0.4 is 0 Å². The number of hydrogen-bond acceptors (Lipinski definition) is 2. The predicted molar refractivity (Wildman–Crippen MR) is 81.5 cm³/mol. The smallest absolute Gasteiger partial charge is 0.304 e. The molecule has 3 nitrogen and oxygen atoms in total. The lowest BCUT2D eigenvalue weighted by Crippen LogP contribution is -2.42. The average Bonchev–Trinajstić information content (AvgIpc) is 2.41. The summed E-state index contributed by atoms with van der Waals surface area (Å²) in [6.07, 6.45) is 3.29. The number of aliphatic carboxylic acids is 1. The van der Waals surface area contributed by atoms with Gasteiger partial charge in [0.05, 0.1) is 6.42 Å². The van der Waals surface area contributed by atoms with E-state index in [1.165, 1.54) is 0 Å². The van der Waals surface area contributed by atoms with Gasteiger partial charge in [-0.1, -0.05) is 29.6 Å². The molecule has 1 N–H and O–H groups in total. The zero-order valence-electron chi connectivity index (χ0n) is 11.5. The third-order valence-electron chi connectivity index (χ3n) is 3.99. The molecule has 110 valence electrons. The van der Waals surface area contributed by atoms with Gasteiger partial charge < -0.3 is 5.11 Å². The van der Waals surface area contributed by atoms with Crippen LogP contribution in [0.25, 0.3) is 0 Å². The summed E-state index contributed by atoms with van der Waals surface area (Å²) in [7, 11) is 0. The summed E-state index contributed by atoms with van der Waals surface area (Å²) in [6, 6.07) is 5.59. The summed E-state index contributed by atoms with van der Waals surface area (Å²) in [4.78, 5) is 13.3. The van der Waals surface area contributed by atoms with Gasteiger partial charge in [0.2, 0.25) is 0 Å². The maximum atomic E-state index is 11.0. The molecule has 0 aliphatic carbocycles. The number of piperidine rings is 1. The van der Waals surface area contributed by atoms with Crippen LogP contribution in [-0.2, 0) is 4.79 Å². The Morgan fingerprint density at radius 2 is 2.20 bits per heavy atom. The molecular weight excluding hydrogens is 297 g/mol. The Morgan fingerprint density at radius 1 is 1.45 bits per heavy atom. The highest BCUT2D eigenvalue weighted by atomic mass is 35.5. The van der Waals surface area contributed by atoms with E-state index in [9.17, 15) is 4.79 Å². The minimum absolute atomic E-state index is 0.0749. The SMILES string of the molecule is CC(c1cc(Cl)ccc1Cl)N1CCCCC1CC(=O)O. The Hall–Kier alpha value is -0.770. The van der Waals surface area contributed by atoms with E-state index in [1.807, 2.05) is 6.07 Å². The second kappa shape index (κ2) is 6.79. The Morgan fingerprint density at radius 3 is 2.90 bits per heavy atom. The minimum atomic E-state index is -0.744. The van der Waals surface area contributed by atoms with Crippen LogP contribution in [0.1, 0.15) is 44.2 Å². The van der Waals surface area contributed by atoms with Gasteiger partial charge in [0.15, 0.2) is 0 Å². The topological polar surface area (TPSA) is 40.5 Å². The highest BCUT2D eigenvalue weighted by molar-refractivity contribution is 6.33. The molecule has 0 radical (unpaired) electrons. The molecule has 0 spiro atoms. The van der Waals surface area contributed by atoms with Gasteiger partial charge in [-0.05, 0) is 50.1 Å². The molecule has 20 heavy (non-hydrogen) atoms. The van der Waals surface area contributed by atoms with Crippen molar-refractivity contribution >= 4 is 29.2 Å². The third-order valence-corrected chi connectivity index (χ3v) is 4.57. The summed E-state index contributed by atoms with van der Waals surface area (Å²) < 4.78 is 0. The second-order valence-electron chi connectivity index (χ2n) is 5.33. The lowest BCUT2D eigenvalue weighted by molar-refractivity contribution is -0.139. The lowest BCUT2D eigenvalue weighted by atomic mass is 9.95. The van der Waals surface area contributed by atoms with Crippen molar-refractivity contribution in [2.24, 2.45) is 0 Å². The van der Waals surface area contributed by atoms with Crippen LogP contribution in [0.15, 0.2) is 18.2 Å². The number of benzene rings is 1. The molecule has 5 heteroatoms. The first-order chi connectivity index (χ1) is 9.49. The van der Waals surface area contributed by atoms with Crippen LogP contribution in [0.5, 0.6) is 0 Å². The quantitative estimate of drug-likeness (QED) is 0.896. The maximum Gasteiger partial charge on any atom is 0.304 e. The van der Waals surface area contributed by atoms with Crippen molar-refractivity contribution in [2.75, 3.05) is 6.54 Å². The van der Waals surface area contributed by atoms with Crippen molar-refractivity contribution in [2.45, 2.75) is 44.7 Å². The fourth-order valence-corrected chi connectivity index (χ4v) is 3.42. The van der Waals surface area contributed by atoms with Crippen molar-refractivity contribution in [3.8, 4) is 0 Å². The van der Waals surface area contributed by atoms with E-state index in [2.05, 4.69) is 11.8 Å². The molecule has 1 fully saturated rings. The van der Waals surface area contributed by atoms with Crippen LogP contribution in [0.3, 0.4) is 0 Å². The summed E-state index contributed by atoms with van der Waals surface area (Å²) in [6.45, 7) is 2.97. The van der Waals surface area contributed by atoms with Crippen LogP contribution in [0.2, 0.25) is 10.0 Å². The van der Waals surface area contributed by atoms with E-state index in [0.717, 1.165) is 31.4 Å². The van der Waals surface area contributed by atoms with E-state index in [-0.39, 0.29) is 18.5 Å². The van der Waals surface area contributed by atoms with Crippen molar-refractivity contribution in [1.29, 1.82) is 0 Å². The van der Waals surface area contributed by atoms with Gasteiger partial charge in [0.25, 0.3) is 0 Å². The summed E-state index contributed by atoms with van der Waals surface area (Å²) in [5.41, 5.74) is 0.969. The van der Waals surface area contributed by atoms with Gasteiger partial charge in [0.1, 0.15) is 0 Å². The van der Waals surface area contributed by atoms with Crippen LogP contribution in [0.4, 0.5) is 0 Å². The maximum absolute atomic E-state index is 11.0. The first-order valence-electron chi connectivity index (χ1n) is 6.91. The average molecular weight is 316 g/mol. The van der Waals surface area contributed by atoms with Gasteiger partial charge in [-0.2, -0.15) is 0 Å². The zero-order valence-corrected chi connectivity index (χ0v) is 13.0. The van der Waals surface area contributed by atoms with Crippen LogP contribution in [0, 0.1) is 0 Å². The van der Waals surface area contributed by atoms with E-state index in [1.54, 1.807) is 12.1 Å². The van der Waals surface area contributed by atoms with Gasteiger partial charge in [-0.3, -0.25) is 9.69 Å². The number of halogens is 2. The van der Waals surface area contributed by atoms with Crippen molar-refractivity contribution in [1.82, 2.24) is 4.90 Å². The van der Waals surface area contributed by atoms with Crippen LogP contribution >= 0.6 is 23.2 Å². The van der Waals surface area contributed by atoms with E-state index >= 15 is 0 Å². The Balaban J connectivity index is 2.22. The standard InChI is InChI=1S/C15H19Cl2NO2/c1-10(13-8-11(16)5-6-14(13)17)18-7-3-2-4-12(18)9-15(19)20/h5-6,8,10,12H,2-4,7,9H2,1H3,(H,19,20). The number of carboxylic acid groups (broad SMARTS) is 1. The molecule has 1 aliphatic rings. The molecule has 2 atom stereocenters. The molecular formula is C15H19Cl2NO2. The van der Waals surface area contributed by atoms with Gasteiger partial charge in [0, 0.05) is 22.1 Å². The number of rotatable bonds is 4. The second-order valence-corrected chi connectivity index (χ2v) is 6.17. The van der Waals surface area contributed by atoms with E-state index < -0.39 is 5.97 Å². The first-order valence-corrected chi connectivity index (χ1v) is 7.67. The molecule has 2 rings (SSSR count). The molecule has 1 aromatic rings. The predicted octanol–water partition coefficient (Wildman–Crippen LogP) is 4.38. The number of likely N-dealkylation sites (tertiary alicyclic amines) is 1. The van der Waals surface area contributed by atoms with Gasteiger partial charge >= 0.3 is 5.97 Å². The fourth-order valence-electron chi connectivity index (χ4n) is 2.97. The Bertz CT molecular complexity index is 493. The molecule has 0 amide bonds. The molecule has 0 bridgehead atoms. The molecule has 2 unspecified atom stereocenters. The number of carbonyl (C=O) groups is 1. The number of carboxylic acids is 1. The molecule has 1 aromatic carbocycles. The molecule has 1 aliphatic heterocycles. The van der Waals surface area contributed by atoms with Gasteiger partial charge in [-0.25, -0.2) is 0 Å². The van der Waals surface area contributed by atoms with E-state index in [4.69, 9.17) is 28.3 Å².